The lowest BCUT2D eigenvalue weighted by atomic mass is 10.0. The van der Waals surface area contributed by atoms with Crippen molar-refractivity contribution >= 4 is 5.91 Å². The second-order valence-electron chi connectivity index (χ2n) is 4.81. The lowest BCUT2D eigenvalue weighted by Gasteiger charge is -2.22. The van der Waals surface area contributed by atoms with Crippen LogP contribution < -0.4 is 11.1 Å². The molecule has 1 aliphatic carbocycles. The minimum atomic E-state index is -0.632. The van der Waals surface area contributed by atoms with E-state index < -0.39 is 5.60 Å². The highest BCUT2D eigenvalue weighted by Gasteiger charge is 2.31. The van der Waals surface area contributed by atoms with Crippen LogP contribution in [0.2, 0.25) is 0 Å². The van der Waals surface area contributed by atoms with Gasteiger partial charge in [-0.2, -0.15) is 0 Å². The Kier molecular flexibility index (Phi) is 5.77. The summed E-state index contributed by atoms with van der Waals surface area (Å²) in [4.78, 5) is 11.5. The van der Waals surface area contributed by atoms with Gasteiger partial charge < -0.3 is 16.2 Å². The second kappa shape index (κ2) is 6.86. The molecule has 0 unspecified atom stereocenters. The first kappa shape index (κ1) is 13.5. The zero-order valence-corrected chi connectivity index (χ0v) is 10.0. The molecule has 0 bridgehead atoms. The largest absolute Gasteiger partial charge is 0.388 e. The number of unbranched alkanes of at least 4 members (excludes halogenated alkanes) is 2. The van der Waals surface area contributed by atoms with Crippen LogP contribution in [0.3, 0.4) is 0 Å². The van der Waals surface area contributed by atoms with Crippen LogP contribution in [0.25, 0.3) is 0 Å². The van der Waals surface area contributed by atoms with Gasteiger partial charge in [-0.1, -0.05) is 19.3 Å². The van der Waals surface area contributed by atoms with E-state index in [0.717, 1.165) is 44.9 Å². The van der Waals surface area contributed by atoms with Crippen molar-refractivity contribution in [2.75, 3.05) is 13.1 Å². The minimum absolute atomic E-state index is 0.0531. The Labute approximate surface area is 97.6 Å². The lowest BCUT2D eigenvalue weighted by Crippen LogP contribution is -2.40. The van der Waals surface area contributed by atoms with Gasteiger partial charge in [0.25, 0.3) is 0 Å². The molecule has 0 aromatic heterocycles. The third-order valence-electron chi connectivity index (χ3n) is 3.26. The van der Waals surface area contributed by atoms with Crippen LogP contribution in [-0.2, 0) is 4.79 Å². The van der Waals surface area contributed by atoms with Crippen molar-refractivity contribution in [3.63, 3.8) is 0 Å². The zero-order chi connectivity index (χ0) is 11.9. The molecule has 16 heavy (non-hydrogen) atoms. The Hall–Kier alpha value is -0.610. The van der Waals surface area contributed by atoms with Gasteiger partial charge in [-0.15, -0.1) is 0 Å². The number of nitrogens with two attached hydrogens (primary N) is 1. The average Bonchev–Trinajstić information content (AvgIpc) is 2.70. The third-order valence-corrected chi connectivity index (χ3v) is 3.26. The fourth-order valence-electron chi connectivity index (χ4n) is 2.17. The minimum Gasteiger partial charge on any atom is -0.388 e. The van der Waals surface area contributed by atoms with Crippen molar-refractivity contribution in [3.05, 3.63) is 0 Å². The van der Waals surface area contributed by atoms with Crippen LogP contribution in [-0.4, -0.2) is 29.7 Å². The molecule has 94 valence electrons. The smallest absolute Gasteiger partial charge is 0.220 e. The summed E-state index contributed by atoms with van der Waals surface area (Å²) in [6, 6.07) is 0. The molecule has 1 saturated carbocycles. The molecule has 4 N–H and O–H groups in total. The number of rotatable bonds is 7. The summed E-state index contributed by atoms with van der Waals surface area (Å²) in [6.07, 6.45) is 7.22. The SMILES string of the molecule is NCCCCCC(=O)NCC1(O)CCCC1. The summed E-state index contributed by atoms with van der Waals surface area (Å²) in [5.41, 5.74) is 4.74. The molecule has 1 aliphatic rings. The Morgan fingerprint density at radius 3 is 2.56 bits per heavy atom. The molecule has 0 heterocycles. The number of aliphatic hydroxyl groups is 1. The van der Waals surface area contributed by atoms with Crippen molar-refractivity contribution in [1.29, 1.82) is 0 Å². The fourth-order valence-corrected chi connectivity index (χ4v) is 2.17. The summed E-state index contributed by atoms with van der Waals surface area (Å²) in [5.74, 6) is 0.0531. The second-order valence-corrected chi connectivity index (χ2v) is 4.81. The Balaban J connectivity index is 2.05. The maximum Gasteiger partial charge on any atom is 0.220 e. The van der Waals surface area contributed by atoms with Gasteiger partial charge in [0.05, 0.1) is 5.60 Å². The van der Waals surface area contributed by atoms with Crippen molar-refractivity contribution in [2.45, 2.75) is 57.0 Å². The molecule has 4 heteroatoms. The quantitative estimate of drug-likeness (QED) is 0.567. The van der Waals surface area contributed by atoms with Crippen LogP contribution in [0.5, 0.6) is 0 Å². The van der Waals surface area contributed by atoms with E-state index in [1.165, 1.54) is 0 Å². The van der Waals surface area contributed by atoms with Crippen LogP contribution in [0, 0.1) is 0 Å². The molecular weight excluding hydrogens is 204 g/mol. The summed E-state index contributed by atoms with van der Waals surface area (Å²) >= 11 is 0. The van der Waals surface area contributed by atoms with E-state index in [0.29, 0.717) is 19.5 Å². The van der Waals surface area contributed by atoms with E-state index in [2.05, 4.69) is 5.32 Å². The maximum absolute atomic E-state index is 11.5. The molecule has 0 aromatic rings. The highest BCUT2D eigenvalue weighted by Crippen LogP contribution is 2.28. The predicted molar refractivity (Wildman–Crippen MR) is 63.9 cm³/mol. The lowest BCUT2D eigenvalue weighted by molar-refractivity contribution is -0.122. The van der Waals surface area contributed by atoms with Gasteiger partial charge in [-0.3, -0.25) is 4.79 Å². The number of nitrogens with one attached hydrogen (secondary N) is 1. The molecular formula is C12H24N2O2. The predicted octanol–water partition coefficient (Wildman–Crippen LogP) is 0.927. The Morgan fingerprint density at radius 1 is 1.25 bits per heavy atom. The maximum atomic E-state index is 11.5. The van der Waals surface area contributed by atoms with Crippen LogP contribution in [0.1, 0.15) is 51.4 Å². The van der Waals surface area contributed by atoms with Gasteiger partial charge in [0, 0.05) is 13.0 Å². The van der Waals surface area contributed by atoms with Gasteiger partial charge in [0.15, 0.2) is 0 Å². The van der Waals surface area contributed by atoms with E-state index in [1.54, 1.807) is 0 Å². The molecule has 1 rings (SSSR count). The number of hydrogen-bond acceptors (Lipinski definition) is 3. The van der Waals surface area contributed by atoms with Gasteiger partial charge >= 0.3 is 0 Å². The highest BCUT2D eigenvalue weighted by molar-refractivity contribution is 5.75. The molecule has 0 radical (unpaired) electrons. The molecule has 1 amide bonds. The van der Waals surface area contributed by atoms with E-state index in [9.17, 15) is 9.90 Å². The van der Waals surface area contributed by atoms with Gasteiger partial charge in [-0.25, -0.2) is 0 Å². The van der Waals surface area contributed by atoms with Crippen molar-refractivity contribution in [3.8, 4) is 0 Å². The van der Waals surface area contributed by atoms with E-state index in [4.69, 9.17) is 5.73 Å². The fraction of sp³-hybridized carbons (Fsp3) is 0.917. The Morgan fingerprint density at radius 2 is 1.94 bits per heavy atom. The van der Waals surface area contributed by atoms with Crippen molar-refractivity contribution < 1.29 is 9.90 Å². The van der Waals surface area contributed by atoms with Gasteiger partial charge in [-0.05, 0) is 32.2 Å². The van der Waals surface area contributed by atoms with Crippen LogP contribution >= 0.6 is 0 Å². The first-order valence-electron chi connectivity index (χ1n) is 6.35. The summed E-state index contributed by atoms with van der Waals surface area (Å²) < 4.78 is 0. The van der Waals surface area contributed by atoms with E-state index >= 15 is 0 Å². The first-order valence-corrected chi connectivity index (χ1v) is 6.35. The normalized spacial score (nSPS) is 18.6. The molecule has 4 nitrogen and oxygen atoms in total. The monoisotopic (exact) mass is 228 g/mol. The number of hydrogen-bond donors (Lipinski definition) is 3. The molecule has 0 spiro atoms. The Bertz CT molecular complexity index is 213. The molecule has 1 fully saturated rings. The molecule has 0 saturated heterocycles. The highest BCUT2D eigenvalue weighted by atomic mass is 16.3. The van der Waals surface area contributed by atoms with Crippen molar-refractivity contribution in [2.24, 2.45) is 5.73 Å². The van der Waals surface area contributed by atoms with Crippen LogP contribution in [0.4, 0.5) is 0 Å². The average molecular weight is 228 g/mol. The summed E-state index contributed by atoms with van der Waals surface area (Å²) in [6.45, 7) is 1.12. The topological polar surface area (TPSA) is 75.4 Å². The van der Waals surface area contributed by atoms with E-state index in [-0.39, 0.29) is 5.91 Å². The van der Waals surface area contributed by atoms with Gasteiger partial charge in [0.2, 0.25) is 5.91 Å². The van der Waals surface area contributed by atoms with Crippen molar-refractivity contribution in [1.82, 2.24) is 5.32 Å². The molecule has 0 atom stereocenters. The summed E-state index contributed by atoms with van der Waals surface area (Å²) in [7, 11) is 0. The zero-order valence-electron chi connectivity index (χ0n) is 10.0. The first-order chi connectivity index (χ1) is 7.66. The third kappa shape index (κ3) is 4.94. The summed E-state index contributed by atoms with van der Waals surface area (Å²) in [5, 5.41) is 12.8. The number of carbonyl (C=O) groups is 1. The van der Waals surface area contributed by atoms with Gasteiger partial charge in [0.1, 0.15) is 0 Å². The number of carbonyl (C=O) groups excluding carboxylic acids is 1. The van der Waals surface area contributed by atoms with E-state index in [1.807, 2.05) is 0 Å². The number of amides is 1. The molecule has 0 aliphatic heterocycles. The standard InChI is InChI=1S/C12H24N2O2/c13-9-5-1-2-6-11(15)14-10-12(16)7-3-4-8-12/h16H,1-10,13H2,(H,14,15). The van der Waals surface area contributed by atoms with Crippen LogP contribution in [0.15, 0.2) is 0 Å². The molecule has 0 aromatic carbocycles.